The molecule has 0 aliphatic rings. The van der Waals surface area contributed by atoms with Crippen molar-refractivity contribution in [3.63, 3.8) is 0 Å². The Morgan fingerprint density at radius 2 is 2.31 bits per heavy atom. The molecule has 0 amide bonds. The van der Waals surface area contributed by atoms with Crippen LogP contribution in [0.15, 0.2) is 18.3 Å². The molecule has 2 aromatic rings. The predicted octanol–water partition coefficient (Wildman–Crippen LogP) is 3.64. The van der Waals surface area contributed by atoms with E-state index < -0.39 is 11.8 Å². The molecular formula is C18H18FIN4O2. The Kier molecular flexibility index (Phi) is 6.74. The summed E-state index contributed by atoms with van der Waals surface area (Å²) in [6.45, 7) is 2.31. The summed E-state index contributed by atoms with van der Waals surface area (Å²) in [6, 6.07) is 3.14. The van der Waals surface area contributed by atoms with Crippen LogP contribution >= 0.6 is 22.6 Å². The number of nitrogens with two attached hydrogens (primary N) is 1. The van der Waals surface area contributed by atoms with Crippen LogP contribution in [0.5, 0.6) is 0 Å². The zero-order valence-electron chi connectivity index (χ0n) is 14.4. The number of benzene rings is 1. The van der Waals surface area contributed by atoms with Crippen LogP contribution < -0.4 is 5.73 Å². The van der Waals surface area contributed by atoms with Gasteiger partial charge in [-0.3, -0.25) is 4.68 Å². The van der Waals surface area contributed by atoms with Gasteiger partial charge in [0.05, 0.1) is 33.2 Å². The van der Waals surface area contributed by atoms with Crippen molar-refractivity contribution in [2.45, 2.75) is 19.8 Å². The standard InChI is InChI=1S/C18H18FIN4O2/c1-3-4-7-26-16(25)6-5-11-12(9-21)17(13(19)8-15(11)22)18-14(20)10-23-24(18)2/h5-6,8,10H,3-4,7,22H2,1-2H3/b6-5+. The van der Waals surface area contributed by atoms with Crippen LogP contribution in [0.3, 0.4) is 0 Å². The molecule has 0 saturated carbocycles. The molecule has 0 spiro atoms. The van der Waals surface area contributed by atoms with E-state index >= 15 is 0 Å². The number of rotatable bonds is 6. The maximum atomic E-state index is 14.6. The molecule has 0 unspecified atom stereocenters. The van der Waals surface area contributed by atoms with Crippen molar-refractivity contribution in [1.29, 1.82) is 5.26 Å². The SMILES string of the molecule is CCCCOC(=O)/C=C/c1c(N)cc(F)c(-c2c(I)cnn2C)c1C#N. The first kappa shape index (κ1) is 19.9. The summed E-state index contributed by atoms with van der Waals surface area (Å²) in [4.78, 5) is 11.8. The minimum atomic E-state index is -0.622. The van der Waals surface area contributed by atoms with Crippen molar-refractivity contribution in [2.24, 2.45) is 7.05 Å². The third kappa shape index (κ3) is 4.22. The van der Waals surface area contributed by atoms with E-state index in [0.717, 1.165) is 18.9 Å². The average Bonchev–Trinajstić information content (AvgIpc) is 2.92. The van der Waals surface area contributed by atoms with Crippen molar-refractivity contribution < 1.29 is 13.9 Å². The van der Waals surface area contributed by atoms with Crippen LogP contribution in [0.25, 0.3) is 17.3 Å². The molecule has 1 aromatic heterocycles. The van der Waals surface area contributed by atoms with Crippen molar-refractivity contribution in [1.82, 2.24) is 9.78 Å². The Bertz CT molecular complexity index is 880. The molecular weight excluding hydrogens is 450 g/mol. The zero-order valence-corrected chi connectivity index (χ0v) is 16.6. The summed E-state index contributed by atoms with van der Waals surface area (Å²) in [5.74, 6) is -1.16. The lowest BCUT2D eigenvalue weighted by Crippen LogP contribution is -2.05. The number of nitriles is 1. The van der Waals surface area contributed by atoms with Crippen molar-refractivity contribution >= 4 is 40.3 Å². The number of unbranched alkanes of at least 4 members (excludes halogenated alkanes) is 1. The van der Waals surface area contributed by atoms with Gasteiger partial charge in [-0.2, -0.15) is 10.4 Å². The van der Waals surface area contributed by atoms with Crippen LogP contribution in [0.2, 0.25) is 0 Å². The van der Waals surface area contributed by atoms with E-state index in [1.54, 1.807) is 13.2 Å². The smallest absolute Gasteiger partial charge is 0.330 e. The lowest BCUT2D eigenvalue weighted by atomic mass is 9.96. The average molecular weight is 468 g/mol. The van der Waals surface area contributed by atoms with Gasteiger partial charge in [0.25, 0.3) is 0 Å². The molecule has 0 bridgehead atoms. The summed E-state index contributed by atoms with van der Waals surface area (Å²) < 4.78 is 21.8. The Morgan fingerprint density at radius 3 is 2.88 bits per heavy atom. The molecule has 0 fully saturated rings. The number of nitrogen functional groups attached to an aromatic ring is 1. The maximum Gasteiger partial charge on any atom is 0.330 e. The normalized spacial score (nSPS) is 10.9. The number of hydrogen-bond acceptors (Lipinski definition) is 5. The topological polar surface area (TPSA) is 93.9 Å². The van der Waals surface area contributed by atoms with Crippen LogP contribution in [0.1, 0.15) is 30.9 Å². The van der Waals surface area contributed by atoms with Gasteiger partial charge in [-0.25, -0.2) is 9.18 Å². The minimum absolute atomic E-state index is 0.0432. The third-order valence-electron chi connectivity index (χ3n) is 3.72. The fraction of sp³-hybridized carbons (Fsp3) is 0.278. The van der Waals surface area contributed by atoms with E-state index in [9.17, 15) is 14.4 Å². The molecule has 136 valence electrons. The van der Waals surface area contributed by atoms with E-state index in [1.807, 2.05) is 35.6 Å². The van der Waals surface area contributed by atoms with Gasteiger partial charge in [0, 0.05) is 24.4 Å². The monoisotopic (exact) mass is 468 g/mol. The van der Waals surface area contributed by atoms with E-state index in [1.165, 1.54) is 16.8 Å². The molecule has 2 rings (SSSR count). The molecule has 0 aliphatic carbocycles. The number of aromatic nitrogens is 2. The second-order valence-electron chi connectivity index (χ2n) is 5.54. The first-order valence-electron chi connectivity index (χ1n) is 7.95. The fourth-order valence-electron chi connectivity index (χ4n) is 2.42. The lowest BCUT2D eigenvalue weighted by Gasteiger charge is -2.12. The van der Waals surface area contributed by atoms with Gasteiger partial charge < -0.3 is 10.5 Å². The highest BCUT2D eigenvalue weighted by molar-refractivity contribution is 14.1. The Labute approximate surface area is 164 Å². The summed E-state index contributed by atoms with van der Waals surface area (Å²) >= 11 is 2.02. The Hall–Kier alpha value is -2.41. The molecule has 0 saturated heterocycles. The van der Waals surface area contributed by atoms with Crippen LogP contribution in [-0.4, -0.2) is 22.4 Å². The molecule has 0 atom stereocenters. The maximum absolute atomic E-state index is 14.6. The molecule has 1 aromatic carbocycles. The third-order valence-corrected chi connectivity index (χ3v) is 4.51. The largest absolute Gasteiger partial charge is 0.463 e. The highest BCUT2D eigenvalue weighted by Crippen LogP contribution is 2.35. The number of ether oxygens (including phenoxy) is 1. The van der Waals surface area contributed by atoms with E-state index in [0.29, 0.717) is 15.9 Å². The predicted molar refractivity (Wildman–Crippen MR) is 105 cm³/mol. The highest BCUT2D eigenvalue weighted by Gasteiger charge is 2.22. The fourth-order valence-corrected chi connectivity index (χ4v) is 3.16. The summed E-state index contributed by atoms with van der Waals surface area (Å²) in [7, 11) is 1.66. The summed E-state index contributed by atoms with van der Waals surface area (Å²) in [6.07, 6.45) is 5.83. The van der Waals surface area contributed by atoms with Gasteiger partial charge in [-0.15, -0.1) is 0 Å². The quantitative estimate of drug-likeness (QED) is 0.230. The van der Waals surface area contributed by atoms with Gasteiger partial charge >= 0.3 is 5.97 Å². The molecule has 6 nitrogen and oxygen atoms in total. The van der Waals surface area contributed by atoms with Crippen LogP contribution in [-0.2, 0) is 16.6 Å². The van der Waals surface area contributed by atoms with Gasteiger partial charge in [0.2, 0.25) is 0 Å². The van der Waals surface area contributed by atoms with Gasteiger partial charge in [-0.05, 0) is 41.2 Å². The number of carbonyl (C=O) groups is 1. The Balaban J connectivity index is 2.50. The van der Waals surface area contributed by atoms with Gasteiger partial charge in [0.15, 0.2) is 0 Å². The van der Waals surface area contributed by atoms with Gasteiger partial charge in [0.1, 0.15) is 11.9 Å². The number of hydrogen-bond donors (Lipinski definition) is 1. The number of nitrogens with zero attached hydrogens (tertiary/aromatic N) is 3. The zero-order chi connectivity index (χ0) is 19.3. The highest BCUT2D eigenvalue weighted by atomic mass is 127. The molecule has 0 radical (unpaired) electrons. The van der Waals surface area contributed by atoms with E-state index in [4.69, 9.17) is 10.5 Å². The number of anilines is 1. The van der Waals surface area contributed by atoms with E-state index in [2.05, 4.69) is 5.10 Å². The van der Waals surface area contributed by atoms with Crippen LogP contribution in [0.4, 0.5) is 10.1 Å². The number of carbonyl (C=O) groups excluding carboxylic acids is 1. The number of esters is 1. The second kappa shape index (κ2) is 8.80. The molecule has 1 heterocycles. The molecule has 0 aliphatic heterocycles. The number of halogens is 2. The first-order chi connectivity index (χ1) is 12.4. The van der Waals surface area contributed by atoms with Gasteiger partial charge in [-0.1, -0.05) is 13.3 Å². The lowest BCUT2D eigenvalue weighted by molar-refractivity contribution is -0.137. The molecule has 8 heteroatoms. The van der Waals surface area contributed by atoms with Crippen molar-refractivity contribution in [3.05, 3.63) is 38.9 Å². The summed E-state index contributed by atoms with van der Waals surface area (Å²) in [5.41, 5.74) is 6.84. The van der Waals surface area contributed by atoms with Crippen molar-refractivity contribution in [3.8, 4) is 17.3 Å². The Morgan fingerprint density at radius 1 is 1.58 bits per heavy atom. The minimum Gasteiger partial charge on any atom is -0.463 e. The molecule has 26 heavy (non-hydrogen) atoms. The molecule has 2 N–H and O–H groups in total. The number of aryl methyl sites for hydroxylation is 1. The first-order valence-corrected chi connectivity index (χ1v) is 9.03. The van der Waals surface area contributed by atoms with E-state index in [-0.39, 0.29) is 22.4 Å². The van der Waals surface area contributed by atoms with Crippen LogP contribution in [0, 0.1) is 20.7 Å². The second-order valence-corrected chi connectivity index (χ2v) is 6.70. The van der Waals surface area contributed by atoms with Crippen molar-refractivity contribution in [2.75, 3.05) is 12.3 Å². The summed E-state index contributed by atoms with van der Waals surface area (Å²) in [5, 5.41) is 13.7.